The van der Waals surface area contributed by atoms with Crippen molar-refractivity contribution < 1.29 is 23.5 Å². The van der Waals surface area contributed by atoms with Gasteiger partial charge in [-0.05, 0) is 29.3 Å². The number of rotatable bonds is 7. The van der Waals surface area contributed by atoms with Crippen LogP contribution in [0.4, 0.5) is 4.39 Å². The van der Waals surface area contributed by atoms with Gasteiger partial charge in [0.05, 0.1) is 7.11 Å². The van der Waals surface area contributed by atoms with Crippen LogP contribution in [0.15, 0.2) is 48.7 Å². The van der Waals surface area contributed by atoms with Gasteiger partial charge in [-0.2, -0.15) is 0 Å². The molecule has 0 saturated carbocycles. The quantitative estimate of drug-likeness (QED) is 0.614. The molecule has 0 spiro atoms. The summed E-state index contributed by atoms with van der Waals surface area (Å²) in [7, 11) is 1.38. The lowest BCUT2D eigenvalue weighted by molar-refractivity contribution is -0.149. The van der Waals surface area contributed by atoms with E-state index in [-0.39, 0.29) is 24.7 Å². The summed E-state index contributed by atoms with van der Waals surface area (Å²) in [5, 5.41) is 3.60. The van der Waals surface area contributed by atoms with E-state index in [4.69, 9.17) is 9.47 Å². The van der Waals surface area contributed by atoms with E-state index in [0.717, 1.165) is 16.5 Å². The smallest absolute Gasteiger partial charge is 0.329 e. The fourth-order valence-electron chi connectivity index (χ4n) is 3.01. The SMILES string of the molecule is COc1ccc(COC(=O)[C@H](Cc2c[nH]c3ccccc23)NC(C)=O)cc1F. The fourth-order valence-corrected chi connectivity index (χ4v) is 3.01. The van der Waals surface area contributed by atoms with Crippen LogP contribution in [0.3, 0.4) is 0 Å². The van der Waals surface area contributed by atoms with E-state index in [1.54, 1.807) is 6.07 Å². The number of para-hydroxylation sites is 1. The van der Waals surface area contributed by atoms with Gasteiger partial charge in [-0.1, -0.05) is 24.3 Å². The minimum absolute atomic E-state index is 0.107. The lowest BCUT2D eigenvalue weighted by Crippen LogP contribution is -2.42. The van der Waals surface area contributed by atoms with Crippen molar-refractivity contribution in [2.75, 3.05) is 7.11 Å². The molecule has 0 radical (unpaired) electrons. The number of amides is 1. The normalized spacial score (nSPS) is 11.8. The summed E-state index contributed by atoms with van der Waals surface area (Å²) in [6.07, 6.45) is 2.09. The molecule has 1 heterocycles. The predicted molar refractivity (Wildman–Crippen MR) is 102 cm³/mol. The van der Waals surface area contributed by atoms with E-state index in [1.165, 1.54) is 26.2 Å². The molecule has 0 aliphatic carbocycles. The zero-order valence-corrected chi connectivity index (χ0v) is 15.6. The molecular formula is C21H21FN2O4. The number of fused-ring (bicyclic) bond motifs is 1. The molecule has 3 rings (SSSR count). The van der Waals surface area contributed by atoms with Gasteiger partial charge < -0.3 is 19.8 Å². The van der Waals surface area contributed by atoms with Crippen LogP contribution in [-0.4, -0.2) is 30.0 Å². The van der Waals surface area contributed by atoms with Crippen molar-refractivity contribution in [3.8, 4) is 5.75 Å². The van der Waals surface area contributed by atoms with Gasteiger partial charge in [0, 0.05) is 30.4 Å². The molecule has 3 aromatic rings. The Morgan fingerprint density at radius 1 is 1.21 bits per heavy atom. The molecule has 0 bridgehead atoms. The van der Waals surface area contributed by atoms with Crippen molar-refractivity contribution in [1.29, 1.82) is 0 Å². The van der Waals surface area contributed by atoms with Crippen LogP contribution >= 0.6 is 0 Å². The number of benzene rings is 2. The highest BCUT2D eigenvalue weighted by Gasteiger charge is 2.23. The molecule has 1 aromatic heterocycles. The molecule has 2 N–H and O–H groups in total. The highest BCUT2D eigenvalue weighted by Crippen LogP contribution is 2.20. The number of carbonyl (C=O) groups is 2. The van der Waals surface area contributed by atoms with Gasteiger partial charge in [-0.25, -0.2) is 9.18 Å². The number of hydrogen-bond acceptors (Lipinski definition) is 4. The van der Waals surface area contributed by atoms with E-state index in [0.29, 0.717) is 5.56 Å². The van der Waals surface area contributed by atoms with Gasteiger partial charge in [-0.15, -0.1) is 0 Å². The Labute approximate surface area is 161 Å². The molecule has 1 atom stereocenters. The second-order valence-electron chi connectivity index (χ2n) is 6.39. The van der Waals surface area contributed by atoms with Crippen LogP contribution in [0, 0.1) is 5.82 Å². The number of H-pyrrole nitrogens is 1. The predicted octanol–water partition coefficient (Wildman–Crippen LogP) is 3.11. The third-order valence-electron chi connectivity index (χ3n) is 4.36. The number of nitrogens with one attached hydrogen (secondary N) is 2. The number of carbonyl (C=O) groups excluding carboxylic acids is 2. The van der Waals surface area contributed by atoms with Crippen molar-refractivity contribution >= 4 is 22.8 Å². The molecule has 0 fully saturated rings. The molecule has 0 aliphatic rings. The zero-order valence-electron chi connectivity index (χ0n) is 15.6. The molecule has 1 amide bonds. The number of ether oxygens (including phenoxy) is 2. The summed E-state index contributed by atoms with van der Waals surface area (Å²) >= 11 is 0. The minimum atomic E-state index is -0.847. The first-order valence-electron chi connectivity index (χ1n) is 8.79. The summed E-state index contributed by atoms with van der Waals surface area (Å²) in [6.45, 7) is 1.23. The average molecular weight is 384 g/mol. The van der Waals surface area contributed by atoms with Crippen molar-refractivity contribution in [3.63, 3.8) is 0 Å². The largest absolute Gasteiger partial charge is 0.494 e. The monoisotopic (exact) mass is 384 g/mol. The van der Waals surface area contributed by atoms with E-state index < -0.39 is 17.8 Å². The third kappa shape index (κ3) is 4.49. The molecule has 6 nitrogen and oxygen atoms in total. The number of esters is 1. The van der Waals surface area contributed by atoms with Crippen molar-refractivity contribution in [3.05, 3.63) is 65.6 Å². The number of hydrogen-bond donors (Lipinski definition) is 2. The second-order valence-corrected chi connectivity index (χ2v) is 6.39. The zero-order chi connectivity index (χ0) is 20.1. The maximum Gasteiger partial charge on any atom is 0.329 e. The minimum Gasteiger partial charge on any atom is -0.494 e. The summed E-state index contributed by atoms with van der Waals surface area (Å²) < 4.78 is 24.0. The molecule has 28 heavy (non-hydrogen) atoms. The number of halogens is 1. The maximum atomic E-state index is 13.8. The Kier molecular flexibility index (Phi) is 5.93. The highest BCUT2D eigenvalue weighted by molar-refractivity contribution is 5.86. The molecule has 2 aromatic carbocycles. The van der Waals surface area contributed by atoms with Crippen LogP contribution in [0.2, 0.25) is 0 Å². The van der Waals surface area contributed by atoms with Crippen molar-refractivity contribution in [1.82, 2.24) is 10.3 Å². The Morgan fingerprint density at radius 3 is 2.71 bits per heavy atom. The van der Waals surface area contributed by atoms with Crippen LogP contribution < -0.4 is 10.1 Å². The Bertz CT molecular complexity index is 999. The summed E-state index contributed by atoms with van der Waals surface area (Å²) in [4.78, 5) is 27.2. The van der Waals surface area contributed by atoms with Crippen LogP contribution in [0.25, 0.3) is 10.9 Å². The molecule has 146 valence electrons. The summed E-state index contributed by atoms with van der Waals surface area (Å²) in [5.41, 5.74) is 2.32. The van der Waals surface area contributed by atoms with E-state index in [2.05, 4.69) is 10.3 Å². The second kappa shape index (κ2) is 8.56. The standard InChI is InChI=1S/C21H21FN2O4/c1-13(25)24-19(10-15-11-23-18-6-4-3-5-16(15)18)21(26)28-12-14-7-8-20(27-2)17(22)9-14/h3-9,11,19,23H,10,12H2,1-2H3,(H,24,25)/t19-/m0/s1. The fraction of sp³-hybridized carbons (Fsp3) is 0.238. The first-order chi connectivity index (χ1) is 13.5. The van der Waals surface area contributed by atoms with Gasteiger partial charge in [-0.3, -0.25) is 4.79 Å². The summed E-state index contributed by atoms with van der Waals surface area (Å²) in [5.74, 6) is -1.34. The van der Waals surface area contributed by atoms with E-state index in [9.17, 15) is 14.0 Å². The first kappa shape index (κ1) is 19.4. The van der Waals surface area contributed by atoms with Gasteiger partial charge in [0.15, 0.2) is 11.6 Å². The number of aromatic nitrogens is 1. The van der Waals surface area contributed by atoms with E-state index in [1.807, 2.05) is 30.5 Å². The highest BCUT2D eigenvalue weighted by atomic mass is 19.1. The van der Waals surface area contributed by atoms with Crippen LogP contribution in [-0.2, 0) is 27.4 Å². The van der Waals surface area contributed by atoms with Gasteiger partial charge in [0.25, 0.3) is 0 Å². The average Bonchev–Trinajstić information content (AvgIpc) is 3.08. The van der Waals surface area contributed by atoms with Crippen molar-refractivity contribution in [2.24, 2.45) is 0 Å². The lowest BCUT2D eigenvalue weighted by Gasteiger charge is -2.17. The Balaban J connectivity index is 1.71. The van der Waals surface area contributed by atoms with Crippen LogP contribution in [0.5, 0.6) is 5.75 Å². The lowest BCUT2D eigenvalue weighted by atomic mass is 10.0. The number of aromatic amines is 1. The van der Waals surface area contributed by atoms with E-state index >= 15 is 0 Å². The van der Waals surface area contributed by atoms with Gasteiger partial charge in [0.1, 0.15) is 12.6 Å². The summed E-state index contributed by atoms with van der Waals surface area (Å²) in [6, 6.07) is 11.2. The molecule has 7 heteroatoms. The van der Waals surface area contributed by atoms with Gasteiger partial charge in [0.2, 0.25) is 5.91 Å². The molecule has 0 unspecified atom stereocenters. The van der Waals surface area contributed by atoms with Gasteiger partial charge >= 0.3 is 5.97 Å². The Hall–Kier alpha value is -3.35. The third-order valence-corrected chi connectivity index (χ3v) is 4.36. The molecule has 0 saturated heterocycles. The molecular weight excluding hydrogens is 363 g/mol. The van der Waals surface area contributed by atoms with Crippen molar-refractivity contribution in [2.45, 2.75) is 26.0 Å². The molecule has 0 aliphatic heterocycles. The maximum absolute atomic E-state index is 13.8. The first-order valence-corrected chi connectivity index (χ1v) is 8.79. The Morgan fingerprint density at radius 2 is 2.00 bits per heavy atom. The van der Waals surface area contributed by atoms with Crippen LogP contribution in [0.1, 0.15) is 18.1 Å². The number of methoxy groups -OCH3 is 1. The topological polar surface area (TPSA) is 80.4 Å².